The first-order valence-corrected chi connectivity index (χ1v) is 7.59. The molecule has 0 saturated heterocycles. The average molecular weight is 302 g/mol. The van der Waals surface area contributed by atoms with Gasteiger partial charge in [-0.25, -0.2) is 0 Å². The molecule has 21 heavy (non-hydrogen) atoms. The number of pyridine rings is 1. The van der Waals surface area contributed by atoms with Gasteiger partial charge in [-0.3, -0.25) is 9.78 Å². The molecule has 2 N–H and O–H groups in total. The van der Waals surface area contributed by atoms with Gasteiger partial charge in [-0.05, 0) is 42.8 Å². The van der Waals surface area contributed by atoms with Crippen LogP contribution >= 0.6 is 11.8 Å². The molecule has 1 aromatic carbocycles. The van der Waals surface area contributed by atoms with Crippen molar-refractivity contribution in [1.82, 2.24) is 4.98 Å². The van der Waals surface area contributed by atoms with Gasteiger partial charge in [0.2, 0.25) is 5.91 Å². The van der Waals surface area contributed by atoms with Gasteiger partial charge in [0.05, 0.1) is 11.8 Å². The summed E-state index contributed by atoms with van der Waals surface area (Å²) in [4.78, 5) is 17.3. The second-order valence-corrected chi connectivity index (χ2v) is 5.80. The van der Waals surface area contributed by atoms with E-state index in [1.54, 1.807) is 18.0 Å². The number of carbonyl (C=O) groups excluding carboxylic acids is 1. The van der Waals surface area contributed by atoms with Crippen molar-refractivity contribution in [3.8, 4) is 0 Å². The topological polar surface area (TPSA) is 62.2 Å². The number of rotatable bonds is 5. The molecule has 0 aliphatic heterocycles. The molecule has 5 heteroatoms. The maximum Gasteiger partial charge on any atom is 0.221 e. The fourth-order valence-electron chi connectivity index (χ4n) is 1.80. The van der Waals surface area contributed by atoms with E-state index in [1.807, 2.05) is 43.3 Å². The zero-order valence-electron chi connectivity index (χ0n) is 12.0. The molecule has 1 amide bonds. The first-order valence-electron chi connectivity index (χ1n) is 6.78. The Kier molecular flexibility index (Phi) is 5.36. The number of hydrogen-bond donors (Lipinski definition) is 2. The molecule has 0 radical (unpaired) electrons. The van der Waals surface area contributed by atoms with E-state index in [4.69, 9.17) is 0 Å². The largest absolute Gasteiger partial charge is 0.387 e. The Morgan fingerprint density at radius 1 is 1.24 bits per heavy atom. The minimum Gasteiger partial charge on any atom is -0.387 e. The zero-order valence-corrected chi connectivity index (χ0v) is 12.9. The van der Waals surface area contributed by atoms with Crippen LogP contribution in [0.3, 0.4) is 0 Å². The minimum absolute atomic E-state index is 0.0790. The van der Waals surface area contributed by atoms with Gasteiger partial charge >= 0.3 is 0 Å². The molecular formula is C16H18N2O2S. The third-order valence-electron chi connectivity index (χ3n) is 2.90. The van der Waals surface area contributed by atoms with Crippen LogP contribution in [0.2, 0.25) is 0 Å². The summed E-state index contributed by atoms with van der Waals surface area (Å²) < 4.78 is 0. The van der Waals surface area contributed by atoms with Crippen LogP contribution in [0.1, 0.15) is 32.1 Å². The van der Waals surface area contributed by atoms with Crippen molar-refractivity contribution >= 4 is 23.4 Å². The lowest BCUT2D eigenvalue weighted by Crippen LogP contribution is -2.05. The summed E-state index contributed by atoms with van der Waals surface area (Å²) in [6, 6.07) is 11.4. The molecule has 2 aromatic rings. The molecule has 0 fully saturated rings. The second-order valence-electron chi connectivity index (χ2n) is 4.65. The number of nitrogens with one attached hydrogen (secondary N) is 1. The Balaban J connectivity index is 2.02. The van der Waals surface area contributed by atoms with Gasteiger partial charge in [0.15, 0.2) is 0 Å². The van der Waals surface area contributed by atoms with Crippen molar-refractivity contribution in [2.24, 2.45) is 0 Å². The number of anilines is 1. The Morgan fingerprint density at radius 3 is 2.43 bits per heavy atom. The van der Waals surface area contributed by atoms with Crippen LogP contribution in [0.4, 0.5) is 5.69 Å². The van der Waals surface area contributed by atoms with Crippen LogP contribution < -0.4 is 5.32 Å². The molecule has 1 heterocycles. The highest BCUT2D eigenvalue weighted by Gasteiger charge is 2.06. The van der Waals surface area contributed by atoms with Gasteiger partial charge in [0, 0.05) is 28.6 Å². The van der Waals surface area contributed by atoms with E-state index in [2.05, 4.69) is 10.3 Å². The molecule has 1 aromatic heterocycles. The molecule has 0 saturated carbocycles. The fraction of sp³-hybridized carbons (Fsp3) is 0.250. The lowest BCUT2D eigenvalue weighted by Gasteiger charge is -2.08. The van der Waals surface area contributed by atoms with Crippen LogP contribution in [0, 0.1) is 0 Å². The monoisotopic (exact) mass is 302 g/mol. The Bertz CT molecular complexity index is 597. The highest BCUT2D eigenvalue weighted by Crippen LogP contribution is 2.28. The summed E-state index contributed by atoms with van der Waals surface area (Å²) in [6.07, 6.45) is 1.92. The Hall–Kier alpha value is -1.85. The molecule has 0 bridgehead atoms. The molecule has 4 nitrogen and oxygen atoms in total. The first-order chi connectivity index (χ1) is 10.1. The summed E-state index contributed by atoms with van der Waals surface area (Å²) >= 11 is 1.59. The van der Waals surface area contributed by atoms with E-state index in [-0.39, 0.29) is 5.91 Å². The summed E-state index contributed by atoms with van der Waals surface area (Å²) in [5.41, 5.74) is 1.48. The van der Waals surface area contributed by atoms with E-state index in [0.717, 1.165) is 15.5 Å². The summed E-state index contributed by atoms with van der Waals surface area (Å²) in [5.74, 6) is -0.0790. The third-order valence-corrected chi connectivity index (χ3v) is 3.88. The lowest BCUT2D eigenvalue weighted by molar-refractivity contribution is -0.114. The van der Waals surface area contributed by atoms with Crippen LogP contribution in [0.5, 0.6) is 0 Å². The van der Waals surface area contributed by atoms with E-state index < -0.39 is 6.10 Å². The Labute approximate surface area is 128 Å². The van der Waals surface area contributed by atoms with E-state index in [1.165, 1.54) is 6.92 Å². The van der Waals surface area contributed by atoms with Gasteiger partial charge < -0.3 is 10.4 Å². The van der Waals surface area contributed by atoms with E-state index in [9.17, 15) is 9.90 Å². The van der Waals surface area contributed by atoms with Crippen molar-refractivity contribution in [2.75, 3.05) is 5.32 Å². The van der Waals surface area contributed by atoms with E-state index in [0.29, 0.717) is 12.1 Å². The predicted molar refractivity (Wildman–Crippen MR) is 84.4 cm³/mol. The summed E-state index contributed by atoms with van der Waals surface area (Å²) in [5, 5.41) is 12.4. The van der Waals surface area contributed by atoms with Crippen LogP contribution in [0.15, 0.2) is 52.4 Å². The van der Waals surface area contributed by atoms with Gasteiger partial charge in [-0.15, -0.1) is 0 Å². The smallest absolute Gasteiger partial charge is 0.221 e. The van der Waals surface area contributed by atoms with Gasteiger partial charge in [-0.2, -0.15) is 0 Å². The van der Waals surface area contributed by atoms with E-state index >= 15 is 0 Å². The fourth-order valence-corrected chi connectivity index (χ4v) is 2.59. The molecule has 1 atom stereocenters. The van der Waals surface area contributed by atoms with Crippen LogP contribution in [-0.4, -0.2) is 16.0 Å². The minimum atomic E-state index is -0.499. The highest BCUT2D eigenvalue weighted by molar-refractivity contribution is 7.99. The normalized spacial score (nSPS) is 12.0. The number of hydrogen-bond acceptors (Lipinski definition) is 4. The van der Waals surface area contributed by atoms with Crippen molar-refractivity contribution in [1.29, 1.82) is 0 Å². The SMILES string of the molecule is CC[C@@H](O)c1ccc(Sc2ccc(NC(C)=O)cc2)cn1. The molecule has 0 aliphatic rings. The summed E-state index contributed by atoms with van der Waals surface area (Å²) in [6.45, 7) is 3.41. The van der Waals surface area contributed by atoms with Crippen LogP contribution in [0.25, 0.3) is 0 Å². The first kappa shape index (κ1) is 15.5. The van der Waals surface area contributed by atoms with Gasteiger partial charge in [0.25, 0.3) is 0 Å². The quantitative estimate of drug-likeness (QED) is 0.885. The average Bonchev–Trinajstić information content (AvgIpc) is 2.49. The molecule has 0 unspecified atom stereocenters. The number of aliphatic hydroxyl groups is 1. The van der Waals surface area contributed by atoms with Crippen molar-refractivity contribution in [3.05, 3.63) is 48.3 Å². The van der Waals surface area contributed by atoms with Crippen molar-refractivity contribution < 1.29 is 9.90 Å². The number of nitrogens with zero attached hydrogens (tertiary/aromatic N) is 1. The maximum atomic E-state index is 11.0. The second kappa shape index (κ2) is 7.24. The maximum absolute atomic E-state index is 11.0. The van der Waals surface area contributed by atoms with Crippen molar-refractivity contribution in [3.63, 3.8) is 0 Å². The number of amides is 1. The number of aliphatic hydroxyl groups excluding tert-OH is 1. The molecule has 0 spiro atoms. The standard InChI is InChI=1S/C16H18N2O2S/c1-3-16(20)15-9-8-14(10-17-15)21-13-6-4-12(5-7-13)18-11(2)19/h4-10,16,20H,3H2,1-2H3,(H,18,19)/t16-/m1/s1. The lowest BCUT2D eigenvalue weighted by atomic mass is 10.2. The summed E-state index contributed by atoms with van der Waals surface area (Å²) in [7, 11) is 0. The molecule has 0 aliphatic carbocycles. The number of benzene rings is 1. The predicted octanol–water partition coefficient (Wildman–Crippen LogP) is 3.63. The number of aromatic nitrogens is 1. The Morgan fingerprint density at radius 2 is 1.90 bits per heavy atom. The third kappa shape index (κ3) is 4.58. The van der Waals surface area contributed by atoms with Gasteiger partial charge in [-0.1, -0.05) is 18.7 Å². The zero-order chi connectivity index (χ0) is 15.2. The van der Waals surface area contributed by atoms with Crippen molar-refractivity contribution in [2.45, 2.75) is 36.2 Å². The van der Waals surface area contributed by atoms with Gasteiger partial charge in [0.1, 0.15) is 0 Å². The van der Waals surface area contributed by atoms with Crippen LogP contribution in [-0.2, 0) is 4.79 Å². The highest BCUT2D eigenvalue weighted by atomic mass is 32.2. The number of carbonyl (C=O) groups is 1. The molecular weight excluding hydrogens is 284 g/mol. The molecule has 2 rings (SSSR count). The molecule has 110 valence electrons.